The average Bonchev–Trinajstić information content (AvgIpc) is 3.23. The van der Waals surface area contributed by atoms with Crippen molar-refractivity contribution in [3.05, 3.63) is 53.5 Å². The van der Waals surface area contributed by atoms with Crippen molar-refractivity contribution in [2.24, 2.45) is 0 Å². The number of anilines is 1. The Morgan fingerprint density at radius 2 is 1.89 bits per heavy atom. The number of furan rings is 1. The third-order valence-electron chi connectivity index (χ3n) is 5.04. The highest BCUT2D eigenvalue weighted by molar-refractivity contribution is 6.03. The molecule has 1 aliphatic heterocycles. The van der Waals surface area contributed by atoms with Crippen molar-refractivity contribution in [1.82, 2.24) is 10.2 Å². The number of ether oxygens (including phenoxy) is 1. The van der Waals surface area contributed by atoms with Gasteiger partial charge in [-0.05, 0) is 50.6 Å². The monoisotopic (exact) mass is 385 g/mol. The summed E-state index contributed by atoms with van der Waals surface area (Å²) in [6.45, 7) is 9.77. The zero-order valence-corrected chi connectivity index (χ0v) is 16.6. The van der Waals surface area contributed by atoms with Gasteiger partial charge < -0.3 is 19.8 Å². The van der Waals surface area contributed by atoms with Crippen LogP contribution in [0.15, 0.2) is 41.0 Å². The van der Waals surface area contributed by atoms with E-state index in [0.29, 0.717) is 31.0 Å². The van der Waals surface area contributed by atoms with Crippen LogP contribution in [0.4, 0.5) is 5.69 Å². The normalized spacial score (nSPS) is 15.2. The van der Waals surface area contributed by atoms with Gasteiger partial charge in [0.2, 0.25) is 0 Å². The Bertz CT molecular complexity index is 824. The lowest BCUT2D eigenvalue weighted by Gasteiger charge is -2.40. The second-order valence-electron chi connectivity index (χ2n) is 7.56. The molecule has 2 aromatic rings. The van der Waals surface area contributed by atoms with E-state index in [1.54, 1.807) is 24.3 Å². The van der Waals surface area contributed by atoms with Gasteiger partial charge in [0.25, 0.3) is 11.8 Å². The molecule has 2 N–H and O–H groups in total. The lowest BCUT2D eigenvalue weighted by atomic mass is 10.0. The van der Waals surface area contributed by atoms with Crippen LogP contribution in [0.5, 0.6) is 0 Å². The summed E-state index contributed by atoms with van der Waals surface area (Å²) < 4.78 is 10.5. The number of aryl methyl sites for hydroxylation is 1. The molecule has 0 bridgehead atoms. The van der Waals surface area contributed by atoms with Crippen LogP contribution >= 0.6 is 0 Å². The minimum Gasteiger partial charge on any atom is -0.459 e. The molecule has 0 radical (unpaired) electrons. The summed E-state index contributed by atoms with van der Waals surface area (Å²) in [5, 5.41) is 5.81. The van der Waals surface area contributed by atoms with Crippen molar-refractivity contribution in [3.63, 3.8) is 0 Å². The van der Waals surface area contributed by atoms with Gasteiger partial charge >= 0.3 is 0 Å². The summed E-state index contributed by atoms with van der Waals surface area (Å²) >= 11 is 0. The highest BCUT2D eigenvalue weighted by atomic mass is 16.5. The Morgan fingerprint density at radius 1 is 1.14 bits per heavy atom. The first-order valence-corrected chi connectivity index (χ1v) is 9.43. The number of nitrogens with zero attached hydrogens (tertiary/aromatic N) is 1. The fraction of sp³-hybridized carbons (Fsp3) is 0.429. The van der Waals surface area contributed by atoms with Gasteiger partial charge in [-0.15, -0.1) is 0 Å². The van der Waals surface area contributed by atoms with Crippen LogP contribution in [0, 0.1) is 6.92 Å². The molecule has 0 atom stereocenters. The smallest absolute Gasteiger partial charge is 0.291 e. The second kappa shape index (κ2) is 8.58. The fourth-order valence-corrected chi connectivity index (χ4v) is 3.17. The summed E-state index contributed by atoms with van der Waals surface area (Å²) in [5.41, 5.74) is 1.78. The molecule has 1 aliphatic rings. The van der Waals surface area contributed by atoms with Crippen molar-refractivity contribution in [2.45, 2.75) is 26.3 Å². The lowest BCUT2D eigenvalue weighted by Crippen LogP contribution is -2.55. The van der Waals surface area contributed by atoms with Crippen LogP contribution in [0.1, 0.15) is 40.3 Å². The van der Waals surface area contributed by atoms with Gasteiger partial charge in [-0.2, -0.15) is 0 Å². The van der Waals surface area contributed by atoms with Gasteiger partial charge in [0.1, 0.15) is 0 Å². The molecular formula is C21H27N3O4. The molecule has 0 aliphatic carbocycles. The zero-order chi connectivity index (χ0) is 20.1. The molecule has 7 nitrogen and oxygen atoms in total. The van der Waals surface area contributed by atoms with E-state index in [-0.39, 0.29) is 23.1 Å². The number of hydrogen-bond acceptors (Lipinski definition) is 5. The zero-order valence-electron chi connectivity index (χ0n) is 16.6. The molecule has 28 heavy (non-hydrogen) atoms. The molecule has 1 aromatic carbocycles. The Hall–Kier alpha value is -2.64. The standard InChI is InChI=1S/C21H27N3O4/c1-15-6-7-16(13-17(15)23-20(26)18-5-4-10-28-18)19(25)22-14-21(2,3)24-8-11-27-12-9-24/h4-7,10,13H,8-9,11-12,14H2,1-3H3,(H,22,25)(H,23,26). The highest BCUT2D eigenvalue weighted by Crippen LogP contribution is 2.19. The molecule has 2 heterocycles. The van der Waals surface area contributed by atoms with Crippen LogP contribution in [0.25, 0.3) is 0 Å². The first-order valence-electron chi connectivity index (χ1n) is 9.43. The van der Waals surface area contributed by atoms with Crippen molar-refractivity contribution in [3.8, 4) is 0 Å². The molecule has 0 saturated carbocycles. The maximum absolute atomic E-state index is 12.7. The number of carbonyl (C=O) groups is 2. The molecule has 150 valence electrons. The minimum absolute atomic E-state index is 0.166. The number of amides is 2. The van der Waals surface area contributed by atoms with E-state index in [0.717, 1.165) is 18.7 Å². The first kappa shape index (κ1) is 20.1. The third kappa shape index (κ3) is 4.79. The van der Waals surface area contributed by atoms with E-state index in [9.17, 15) is 9.59 Å². The van der Waals surface area contributed by atoms with E-state index >= 15 is 0 Å². The number of rotatable bonds is 6. The summed E-state index contributed by atoms with van der Waals surface area (Å²) in [6, 6.07) is 8.51. The Kier molecular flexibility index (Phi) is 6.16. The Labute approximate surface area is 165 Å². The van der Waals surface area contributed by atoms with Gasteiger partial charge in [-0.1, -0.05) is 6.07 Å². The number of hydrogen-bond donors (Lipinski definition) is 2. The predicted molar refractivity (Wildman–Crippen MR) is 107 cm³/mol. The Balaban J connectivity index is 1.64. The van der Waals surface area contributed by atoms with E-state index in [1.165, 1.54) is 6.26 Å². The van der Waals surface area contributed by atoms with Crippen molar-refractivity contribution in [2.75, 3.05) is 38.2 Å². The maximum atomic E-state index is 12.7. The average molecular weight is 385 g/mol. The van der Waals surface area contributed by atoms with E-state index in [2.05, 4.69) is 29.4 Å². The van der Waals surface area contributed by atoms with Crippen LogP contribution in [-0.4, -0.2) is 55.1 Å². The molecule has 7 heteroatoms. The van der Waals surface area contributed by atoms with Gasteiger partial charge in [-0.25, -0.2) is 0 Å². The topological polar surface area (TPSA) is 83.8 Å². The quantitative estimate of drug-likeness (QED) is 0.799. The number of morpholine rings is 1. The van der Waals surface area contributed by atoms with E-state index in [4.69, 9.17) is 9.15 Å². The molecular weight excluding hydrogens is 358 g/mol. The number of carbonyl (C=O) groups excluding carboxylic acids is 2. The van der Waals surface area contributed by atoms with Crippen molar-refractivity contribution >= 4 is 17.5 Å². The van der Waals surface area contributed by atoms with Gasteiger partial charge in [0, 0.05) is 36.4 Å². The van der Waals surface area contributed by atoms with Crippen LogP contribution < -0.4 is 10.6 Å². The minimum atomic E-state index is -0.348. The molecule has 1 saturated heterocycles. The summed E-state index contributed by atoms with van der Waals surface area (Å²) in [4.78, 5) is 27.2. The second-order valence-corrected chi connectivity index (χ2v) is 7.56. The van der Waals surface area contributed by atoms with E-state index < -0.39 is 0 Å². The van der Waals surface area contributed by atoms with Crippen LogP contribution in [-0.2, 0) is 4.74 Å². The SMILES string of the molecule is Cc1ccc(C(=O)NCC(C)(C)N2CCOCC2)cc1NC(=O)c1ccco1. The lowest BCUT2D eigenvalue weighted by molar-refractivity contribution is -0.00923. The summed E-state index contributed by atoms with van der Waals surface area (Å²) in [5.74, 6) is -0.296. The van der Waals surface area contributed by atoms with Gasteiger partial charge in [0.05, 0.1) is 19.5 Å². The van der Waals surface area contributed by atoms with E-state index in [1.807, 2.05) is 13.0 Å². The molecule has 1 aromatic heterocycles. The number of nitrogens with one attached hydrogen (secondary N) is 2. The third-order valence-corrected chi connectivity index (χ3v) is 5.04. The molecule has 3 rings (SSSR count). The number of benzene rings is 1. The summed E-state index contributed by atoms with van der Waals surface area (Å²) in [6.07, 6.45) is 1.45. The van der Waals surface area contributed by atoms with Crippen LogP contribution in [0.3, 0.4) is 0 Å². The molecule has 2 amide bonds. The highest BCUT2D eigenvalue weighted by Gasteiger charge is 2.28. The summed E-state index contributed by atoms with van der Waals surface area (Å²) in [7, 11) is 0. The van der Waals surface area contributed by atoms with Crippen LogP contribution in [0.2, 0.25) is 0 Å². The molecule has 0 spiro atoms. The largest absolute Gasteiger partial charge is 0.459 e. The first-order chi connectivity index (χ1) is 13.4. The van der Waals surface area contributed by atoms with Crippen molar-refractivity contribution in [1.29, 1.82) is 0 Å². The fourth-order valence-electron chi connectivity index (χ4n) is 3.17. The van der Waals surface area contributed by atoms with Gasteiger partial charge in [-0.3, -0.25) is 14.5 Å². The molecule has 0 unspecified atom stereocenters. The Morgan fingerprint density at radius 3 is 2.57 bits per heavy atom. The van der Waals surface area contributed by atoms with Crippen molar-refractivity contribution < 1.29 is 18.7 Å². The van der Waals surface area contributed by atoms with Gasteiger partial charge in [0.15, 0.2) is 5.76 Å². The maximum Gasteiger partial charge on any atom is 0.291 e. The predicted octanol–water partition coefficient (Wildman–Crippen LogP) is 2.68. The molecule has 1 fully saturated rings.